The molecule has 1 aliphatic carbocycles. The molecule has 1 aliphatic rings. The van der Waals surface area contributed by atoms with E-state index in [9.17, 15) is 0 Å². The van der Waals surface area contributed by atoms with Gasteiger partial charge in [-0.15, -0.1) is 0 Å². The van der Waals surface area contributed by atoms with Crippen molar-refractivity contribution < 1.29 is 14.2 Å². The summed E-state index contributed by atoms with van der Waals surface area (Å²) >= 11 is 0. The normalized spacial score (nSPS) is 13.9. The number of para-hydroxylation sites is 1. The minimum Gasteiger partial charge on any atom is -0.494 e. The van der Waals surface area contributed by atoms with Gasteiger partial charge in [-0.25, -0.2) is 0 Å². The lowest BCUT2D eigenvalue weighted by Gasteiger charge is -2.21. The van der Waals surface area contributed by atoms with Crippen molar-refractivity contribution in [2.24, 2.45) is 5.92 Å². The zero-order valence-electron chi connectivity index (χ0n) is 19.4. The highest BCUT2D eigenvalue weighted by atomic mass is 16.5. The van der Waals surface area contributed by atoms with Crippen molar-refractivity contribution in [1.82, 2.24) is 0 Å². The largest absolute Gasteiger partial charge is 0.494 e. The predicted octanol–water partition coefficient (Wildman–Crippen LogP) is 7.11. The summed E-state index contributed by atoms with van der Waals surface area (Å²) in [5, 5.41) is 3.47. The number of anilines is 1. The Bertz CT molecular complexity index is 919. The van der Waals surface area contributed by atoms with Crippen LogP contribution in [0.3, 0.4) is 0 Å². The van der Waals surface area contributed by atoms with Crippen molar-refractivity contribution in [3.63, 3.8) is 0 Å². The van der Waals surface area contributed by atoms with Gasteiger partial charge in [0, 0.05) is 12.2 Å². The van der Waals surface area contributed by atoms with Gasteiger partial charge >= 0.3 is 0 Å². The first-order chi connectivity index (χ1) is 16.3. The average Bonchev–Trinajstić information content (AvgIpc) is 2.88. The molecule has 0 heterocycles. The van der Waals surface area contributed by atoms with Crippen LogP contribution in [0.4, 0.5) is 5.69 Å². The molecule has 4 nitrogen and oxygen atoms in total. The van der Waals surface area contributed by atoms with Crippen LogP contribution in [0.5, 0.6) is 17.2 Å². The summed E-state index contributed by atoms with van der Waals surface area (Å²) in [7, 11) is 0. The summed E-state index contributed by atoms with van der Waals surface area (Å²) in [6.45, 7) is 2.62. The molecule has 1 saturated carbocycles. The quantitative estimate of drug-likeness (QED) is 0.302. The third-order valence-electron chi connectivity index (χ3n) is 6.16. The van der Waals surface area contributed by atoms with Crippen LogP contribution in [-0.2, 0) is 6.54 Å². The maximum absolute atomic E-state index is 5.95. The van der Waals surface area contributed by atoms with E-state index in [1.54, 1.807) is 0 Å². The molecule has 3 aromatic rings. The Labute approximate surface area is 197 Å². The Morgan fingerprint density at radius 3 is 1.85 bits per heavy atom. The van der Waals surface area contributed by atoms with Crippen LogP contribution in [0, 0.1) is 5.92 Å². The number of hydrogen-bond donors (Lipinski definition) is 1. The summed E-state index contributed by atoms with van der Waals surface area (Å²) in [5.74, 6) is 3.53. The average molecular weight is 446 g/mol. The Kier molecular flexibility index (Phi) is 8.92. The first-order valence-electron chi connectivity index (χ1n) is 12.2. The molecule has 0 aromatic heterocycles. The Morgan fingerprint density at radius 2 is 1.18 bits per heavy atom. The molecule has 0 amide bonds. The second-order valence-corrected chi connectivity index (χ2v) is 8.67. The predicted molar refractivity (Wildman–Crippen MR) is 134 cm³/mol. The third kappa shape index (κ3) is 8.05. The highest BCUT2D eigenvalue weighted by molar-refractivity contribution is 5.47. The summed E-state index contributed by atoms with van der Waals surface area (Å²) in [5.41, 5.74) is 2.30. The van der Waals surface area contributed by atoms with Gasteiger partial charge in [-0.2, -0.15) is 0 Å². The number of ether oxygens (including phenoxy) is 3. The monoisotopic (exact) mass is 445 g/mol. The van der Waals surface area contributed by atoms with E-state index in [4.69, 9.17) is 14.2 Å². The summed E-state index contributed by atoms with van der Waals surface area (Å²) in [6.07, 6.45) is 8.13. The molecule has 0 saturated heterocycles. The fraction of sp³-hybridized carbons (Fsp3) is 0.379. The molecule has 1 fully saturated rings. The van der Waals surface area contributed by atoms with Crippen molar-refractivity contribution in [3.8, 4) is 17.2 Å². The topological polar surface area (TPSA) is 39.7 Å². The molecular weight excluding hydrogens is 410 g/mol. The smallest absolute Gasteiger partial charge is 0.122 e. The van der Waals surface area contributed by atoms with Gasteiger partial charge in [-0.3, -0.25) is 0 Å². The van der Waals surface area contributed by atoms with Gasteiger partial charge < -0.3 is 19.5 Å². The summed E-state index contributed by atoms with van der Waals surface area (Å²) in [4.78, 5) is 0. The third-order valence-corrected chi connectivity index (χ3v) is 6.16. The van der Waals surface area contributed by atoms with Gasteiger partial charge in [0.05, 0.1) is 6.61 Å². The molecule has 33 heavy (non-hydrogen) atoms. The van der Waals surface area contributed by atoms with Crippen molar-refractivity contribution in [3.05, 3.63) is 84.4 Å². The summed E-state index contributed by atoms with van der Waals surface area (Å²) in [6, 6.07) is 26.2. The highest BCUT2D eigenvalue weighted by Crippen LogP contribution is 2.26. The molecule has 0 spiro atoms. The van der Waals surface area contributed by atoms with E-state index in [1.165, 1.54) is 44.1 Å². The minimum absolute atomic E-state index is 0.515. The van der Waals surface area contributed by atoms with E-state index in [1.807, 2.05) is 42.5 Å². The van der Waals surface area contributed by atoms with E-state index >= 15 is 0 Å². The fourth-order valence-electron chi connectivity index (χ4n) is 4.23. The van der Waals surface area contributed by atoms with Gasteiger partial charge in [-0.05, 0) is 66.4 Å². The summed E-state index contributed by atoms with van der Waals surface area (Å²) < 4.78 is 17.4. The number of benzene rings is 3. The minimum atomic E-state index is 0.515. The van der Waals surface area contributed by atoms with Crippen LogP contribution in [-0.4, -0.2) is 19.8 Å². The van der Waals surface area contributed by atoms with E-state index < -0.39 is 0 Å². The maximum atomic E-state index is 5.95. The van der Waals surface area contributed by atoms with E-state index in [-0.39, 0.29) is 0 Å². The number of rotatable bonds is 12. The van der Waals surface area contributed by atoms with E-state index in [2.05, 4.69) is 41.7 Å². The van der Waals surface area contributed by atoms with Gasteiger partial charge in [0.15, 0.2) is 0 Å². The zero-order valence-corrected chi connectivity index (χ0v) is 19.4. The van der Waals surface area contributed by atoms with E-state index in [0.717, 1.165) is 42.0 Å². The van der Waals surface area contributed by atoms with Crippen molar-refractivity contribution in [2.45, 2.75) is 45.1 Å². The lowest BCUT2D eigenvalue weighted by molar-refractivity contribution is 0.217. The van der Waals surface area contributed by atoms with Gasteiger partial charge in [0.1, 0.15) is 30.5 Å². The molecule has 0 radical (unpaired) electrons. The Hall–Kier alpha value is -3.14. The van der Waals surface area contributed by atoms with E-state index in [0.29, 0.717) is 13.2 Å². The Balaban J connectivity index is 1.12. The van der Waals surface area contributed by atoms with Crippen molar-refractivity contribution in [1.29, 1.82) is 0 Å². The second-order valence-electron chi connectivity index (χ2n) is 8.67. The van der Waals surface area contributed by atoms with Crippen LogP contribution < -0.4 is 19.5 Å². The lowest BCUT2D eigenvalue weighted by atomic mass is 9.87. The van der Waals surface area contributed by atoms with Crippen LogP contribution in [0.2, 0.25) is 0 Å². The molecule has 4 heteroatoms. The SMILES string of the molecule is c1ccc(OCCOc2ccc(CNc3ccc(OCCC4CCCCC4)cc3)cc2)cc1. The first kappa shape index (κ1) is 23.0. The van der Waals surface area contributed by atoms with Crippen LogP contribution in [0.25, 0.3) is 0 Å². The van der Waals surface area contributed by atoms with Gasteiger partial charge in [0.25, 0.3) is 0 Å². The molecule has 0 bridgehead atoms. The second kappa shape index (κ2) is 12.8. The number of nitrogens with one attached hydrogen (secondary N) is 1. The Morgan fingerprint density at radius 1 is 0.606 bits per heavy atom. The molecular formula is C29H35NO3. The molecule has 0 atom stereocenters. The lowest BCUT2D eigenvalue weighted by Crippen LogP contribution is -2.10. The highest BCUT2D eigenvalue weighted by Gasteiger charge is 2.13. The van der Waals surface area contributed by atoms with Gasteiger partial charge in [-0.1, -0.05) is 62.4 Å². The standard InChI is InChI=1S/C29H35NO3/c1-3-7-24(8-4-1)19-20-31-29-17-13-26(14-18-29)30-23-25-11-15-28(16-12-25)33-22-21-32-27-9-5-2-6-10-27/h2,5-6,9-18,24,30H,1,3-4,7-8,19-23H2. The van der Waals surface area contributed by atoms with Gasteiger partial charge in [0.2, 0.25) is 0 Å². The number of hydrogen-bond acceptors (Lipinski definition) is 4. The fourth-order valence-corrected chi connectivity index (χ4v) is 4.23. The van der Waals surface area contributed by atoms with Crippen molar-refractivity contribution in [2.75, 3.05) is 25.1 Å². The molecule has 1 N–H and O–H groups in total. The van der Waals surface area contributed by atoms with Crippen LogP contribution in [0.15, 0.2) is 78.9 Å². The molecule has 0 unspecified atom stereocenters. The zero-order chi connectivity index (χ0) is 22.6. The maximum Gasteiger partial charge on any atom is 0.122 e. The van der Waals surface area contributed by atoms with Crippen molar-refractivity contribution >= 4 is 5.69 Å². The van der Waals surface area contributed by atoms with Crippen LogP contribution >= 0.6 is 0 Å². The molecule has 4 rings (SSSR count). The molecule has 174 valence electrons. The van der Waals surface area contributed by atoms with Crippen LogP contribution in [0.1, 0.15) is 44.1 Å². The first-order valence-corrected chi connectivity index (χ1v) is 12.2. The molecule has 3 aromatic carbocycles. The molecule has 0 aliphatic heterocycles.